The molecule has 0 saturated carbocycles. The van der Waals surface area contributed by atoms with Gasteiger partial charge in [0.05, 0.1) is 18.9 Å². The number of fused-ring (bicyclic) bond motifs is 1. The van der Waals surface area contributed by atoms with Gasteiger partial charge in [-0.1, -0.05) is 35.5 Å². The van der Waals surface area contributed by atoms with Gasteiger partial charge in [0.2, 0.25) is 0 Å². The van der Waals surface area contributed by atoms with Crippen LogP contribution in [0, 0.1) is 11.8 Å². The van der Waals surface area contributed by atoms with E-state index >= 15 is 0 Å². The number of methoxy groups -OCH3 is 1. The van der Waals surface area contributed by atoms with Gasteiger partial charge < -0.3 is 9.84 Å². The van der Waals surface area contributed by atoms with Crippen LogP contribution in [0.1, 0.15) is 29.9 Å². The maximum absolute atomic E-state index is 13.1. The molecule has 3 aromatic heterocycles. The molecule has 4 aromatic rings. The molecule has 1 amide bonds. The van der Waals surface area contributed by atoms with Gasteiger partial charge in [0, 0.05) is 23.5 Å². The zero-order valence-electron chi connectivity index (χ0n) is 17.6. The summed E-state index contributed by atoms with van der Waals surface area (Å²) in [6.07, 6.45) is 4.67. The molecule has 0 aliphatic carbocycles. The molecule has 0 radical (unpaired) electrons. The summed E-state index contributed by atoms with van der Waals surface area (Å²) >= 11 is 1.19. The van der Waals surface area contributed by atoms with Crippen LogP contribution < -0.4 is 10.1 Å². The first-order valence-corrected chi connectivity index (χ1v) is 10.4. The quantitative estimate of drug-likeness (QED) is 0.462. The Kier molecular flexibility index (Phi) is 5.81. The van der Waals surface area contributed by atoms with Crippen LogP contribution in [0.2, 0.25) is 0 Å². The van der Waals surface area contributed by atoms with Crippen molar-refractivity contribution in [3.63, 3.8) is 0 Å². The first kappa shape index (κ1) is 21.4. The molecule has 8 nitrogen and oxygen atoms in total. The van der Waals surface area contributed by atoms with Crippen molar-refractivity contribution >= 4 is 32.9 Å². The Morgan fingerprint density at radius 3 is 2.75 bits per heavy atom. The Hall–Kier alpha value is -3.87. The van der Waals surface area contributed by atoms with Gasteiger partial charge in [-0.3, -0.25) is 15.1 Å². The number of hydrogen-bond donors (Lipinski definition) is 2. The number of pyridine rings is 1. The second-order valence-corrected chi connectivity index (χ2v) is 8.27. The van der Waals surface area contributed by atoms with Crippen molar-refractivity contribution in [1.82, 2.24) is 19.9 Å². The van der Waals surface area contributed by atoms with Crippen LogP contribution >= 0.6 is 11.3 Å². The smallest absolute Gasteiger partial charge is 0.258 e. The van der Waals surface area contributed by atoms with Crippen LogP contribution in [0.5, 0.6) is 5.75 Å². The van der Waals surface area contributed by atoms with Gasteiger partial charge in [0.15, 0.2) is 15.6 Å². The van der Waals surface area contributed by atoms with Gasteiger partial charge in [-0.25, -0.2) is 9.97 Å². The highest BCUT2D eigenvalue weighted by molar-refractivity contribution is 7.21. The number of aromatic nitrogens is 4. The third-order valence-corrected chi connectivity index (χ3v) is 5.16. The number of amides is 1. The Morgan fingerprint density at radius 1 is 1.16 bits per heavy atom. The lowest BCUT2D eigenvalue weighted by Crippen LogP contribution is -2.14. The Balaban J connectivity index is 1.63. The maximum Gasteiger partial charge on any atom is 0.258 e. The summed E-state index contributed by atoms with van der Waals surface area (Å²) in [6.45, 7) is 3.18. The molecule has 0 fully saturated rings. The number of benzene rings is 1. The zero-order valence-corrected chi connectivity index (χ0v) is 18.4. The second-order valence-electron chi connectivity index (χ2n) is 7.29. The third kappa shape index (κ3) is 4.72. The van der Waals surface area contributed by atoms with E-state index in [2.05, 4.69) is 37.1 Å². The molecule has 1 aromatic carbocycles. The largest absolute Gasteiger partial charge is 0.496 e. The monoisotopic (exact) mass is 445 g/mol. The molecule has 4 rings (SSSR count). The van der Waals surface area contributed by atoms with Crippen LogP contribution in [0.25, 0.3) is 21.6 Å². The number of carbonyl (C=O) groups is 1. The van der Waals surface area contributed by atoms with Gasteiger partial charge in [-0.2, -0.15) is 4.98 Å². The number of hydrogen-bond acceptors (Lipinski definition) is 8. The van der Waals surface area contributed by atoms with Crippen molar-refractivity contribution in [3.8, 4) is 28.7 Å². The minimum atomic E-state index is -1.13. The lowest BCUT2D eigenvalue weighted by molar-refractivity contribution is 0.102. The van der Waals surface area contributed by atoms with Gasteiger partial charge >= 0.3 is 0 Å². The van der Waals surface area contributed by atoms with Crippen molar-refractivity contribution in [2.75, 3.05) is 12.4 Å². The standard InChI is InChI=1S/C23H19N5O3S/c1-23(2,30)10-8-14-12-25-19-21(26-14)32-22(27-19)28-20(29)16-9-11-24-13-17(16)15-6-4-5-7-18(15)31-3/h4-7,9,11-13,30H,1-3H3,(H,25,27,28,29). The van der Waals surface area contributed by atoms with Crippen LogP contribution in [0.15, 0.2) is 48.9 Å². The molecule has 0 aliphatic rings. The highest BCUT2D eigenvalue weighted by Crippen LogP contribution is 2.32. The third-order valence-electron chi connectivity index (χ3n) is 4.30. The maximum atomic E-state index is 13.1. The molecule has 160 valence electrons. The van der Waals surface area contributed by atoms with E-state index in [0.29, 0.717) is 38.2 Å². The van der Waals surface area contributed by atoms with Crippen molar-refractivity contribution < 1.29 is 14.6 Å². The minimum Gasteiger partial charge on any atom is -0.496 e. The average molecular weight is 446 g/mol. The summed E-state index contributed by atoms with van der Waals surface area (Å²) < 4.78 is 5.43. The van der Waals surface area contributed by atoms with Crippen LogP contribution in [0.3, 0.4) is 0 Å². The molecular weight excluding hydrogens is 426 g/mol. The Labute approximate surface area is 188 Å². The topological polar surface area (TPSA) is 110 Å². The summed E-state index contributed by atoms with van der Waals surface area (Å²) in [6, 6.07) is 9.07. The van der Waals surface area contributed by atoms with Crippen LogP contribution in [0.4, 0.5) is 5.13 Å². The predicted molar refractivity (Wildman–Crippen MR) is 123 cm³/mol. The minimum absolute atomic E-state index is 0.339. The zero-order chi connectivity index (χ0) is 22.7. The number of para-hydroxylation sites is 1. The summed E-state index contributed by atoms with van der Waals surface area (Å²) in [5.74, 6) is 5.79. The van der Waals surface area contributed by atoms with Gasteiger partial charge in [0.1, 0.15) is 17.0 Å². The van der Waals surface area contributed by atoms with Crippen molar-refractivity contribution in [2.45, 2.75) is 19.4 Å². The first-order chi connectivity index (χ1) is 15.3. The van der Waals surface area contributed by atoms with Crippen molar-refractivity contribution in [2.24, 2.45) is 0 Å². The number of thiazole rings is 1. The fourth-order valence-electron chi connectivity index (χ4n) is 2.89. The summed E-state index contributed by atoms with van der Waals surface area (Å²) in [7, 11) is 1.58. The molecule has 0 spiro atoms. The molecule has 2 N–H and O–H groups in total. The molecule has 3 heterocycles. The second kappa shape index (κ2) is 8.70. The number of ether oxygens (including phenoxy) is 1. The molecule has 0 atom stereocenters. The summed E-state index contributed by atoms with van der Waals surface area (Å²) in [5, 5.41) is 12.9. The first-order valence-electron chi connectivity index (χ1n) is 9.62. The van der Waals surface area contributed by atoms with Crippen molar-refractivity contribution in [3.05, 3.63) is 60.2 Å². The molecule has 0 bridgehead atoms. The van der Waals surface area contributed by atoms with E-state index in [1.807, 2.05) is 24.3 Å². The number of rotatable bonds is 4. The number of carbonyl (C=O) groups excluding carboxylic acids is 1. The molecule has 32 heavy (non-hydrogen) atoms. The SMILES string of the molecule is COc1ccccc1-c1cnccc1C(=O)Nc1nc2ncc(C#CC(C)(C)O)nc2s1. The molecule has 0 saturated heterocycles. The number of nitrogens with one attached hydrogen (secondary N) is 1. The average Bonchev–Trinajstić information content (AvgIpc) is 3.18. The lowest BCUT2D eigenvalue weighted by Gasteiger charge is -2.11. The molecule has 9 heteroatoms. The number of nitrogens with zero attached hydrogens (tertiary/aromatic N) is 4. The summed E-state index contributed by atoms with van der Waals surface area (Å²) in [4.78, 5) is 30.7. The van der Waals surface area contributed by atoms with Crippen LogP contribution in [-0.4, -0.2) is 43.7 Å². The van der Waals surface area contributed by atoms with Gasteiger partial charge in [-0.05, 0) is 31.9 Å². The van der Waals surface area contributed by atoms with E-state index in [0.717, 1.165) is 5.56 Å². The van der Waals surface area contributed by atoms with E-state index in [9.17, 15) is 9.90 Å². The lowest BCUT2D eigenvalue weighted by atomic mass is 10.0. The molecule has 0 unspecified atom stereocenters. The molecule has 0 aliphatic heterocycles. The highest BCUT2D eigenvalue weighted by Gasteiger charge is 2.18. The highest BCUT2D eigenvalue weighted by atomic mass is 32.1. The van der Waals surface area contributed by atoms with E-state index < -0.39 is 5.60 Å². The normalized spacial score (nSPS) is 11.0. The predicted octanol–water partition coefficient (Wildman–Crippen LogP) is 3.53. The number of anilines is 1. The van der Waals surface area contributed by atoms with Gasteiger partial charge in [-0.15, -0.1) is 0 Å². The van der Waals surface area contributed by atoms with Crippen LogP contribution in [-0.2, 0) is 0 Å². The fourth-order valence-corrected chi connectivity index (χ4v) is 3.68. The number of aliphatic hydroxyl groups is 1. The van der Waals surface area contributed by atoms with E-state index in [4.69, 9.17) is 4.74 Å². The summed E-state index contributed by atoms with van der Waals surface area (Å²) in [5.41, 5.74) is 1.52. The van der Waals surface area contributed by atoms with E-state index in [1.165, 1.54) is 17.5 Å². The van der Waals surface area contributed by atoms with Crippen molar-refractivity contribution in [1.29, 1.82) is 0 Å². The van der Waals surface area contributed by atoms with E-state index in [-0.39, 0.29) is 5.91 Å². The van der Waals surface area contributed by atoms with Gasteiger partial charge in [0.25, 0.3) is 5.91 Å². The van der Waals surface area contributed by atoms with E-state index in [1.54, 1.807) is 39.4 Å². The Bertz CT molecular complexity index is 1370. The fraction of sp³-hybridized carbons (Fsp3) is 0.174. The molecular formula is C23H19N5O3S. The Morgan fingerprint density at radius 2 is 1.97 bits per heavy atom.